The number of piperazine rings is 1. The van der Waals surface area contributed by atoms with Crippen LogP contribution in [0.5, 0.6) is 5.75 Å². The Bertz CT molecular complexity index is 1440. The van der Waals surface area contributed by atoms with Gasteiger partial charge in [-0.15, -0.1) is 0 Å². The zero-order valence-electron chi connectivity index (χ0n) is 24.4. The molecule has 224 valence electrons. The summed E-state index contributed by atoms with van der Waals surface area (Å²) in [6.07, 6.45) is 2.40. The summed E-state index contributed by atoms with van der Waals surface area (Å²) < 4.78 is 8.96. The fraction of sp³-hybridized carbons (Fsp3) is 0.469. The predicted octanol–water partition coefficient (Wildman–Crippen LogP) is 2.79. The molecule has 1 unspecified atom stereocenters. The first-order valence-corrected chi connectivity index (χ1v) is 14.9. The number of imidazole rings is 1. The van der Waals surface area contributed by atoms with Crippen molar-refractivity contribution in [1.29, 1.82) is 0 Å². The summed E-state index contributed by atoms with van der Waals surface area (Å²) in [6, 6.07) is 16.4. The van der Waals surface area contributed by atoms with Gasteiger partial charge in [0.1, 0.15) is 11.4 Å². The molecule has 2 aliphatic rings. The molecule has 2 heterocycles. The van der Waals surface area contributed by atoms with Crippen molar-refractivity contribution in [3.63, 3.8) is 0 Å². The number of nitrogens with zero attached hydrogens (tertiary/aromatic N) is 3. The van der Waals surface area contributed by atoms with Gasteiger partial charge in [-0.05, 0) is 44.4 Å². The maximum atomic E-state index is 14.4. The third-order valence-electron chi connectivity index (χ3n) is 7.91. The van der Waals surface area contributed by atoms with Crippen LogP contribution in [-0.4, -0.2) is 75.9 Å². The van der Waals surface area contributed by atoms with E-state index < -0.39 is 12.1 Å². The Morgan fingerprint density at radius 2 is 1.79 bits per heavy atom. The SMILES string of the molecule is CC(C)NC(=O)COc1cccc(Cn2c(C(=O)N3CCNCC3)c(-c3ccccc3)n(C3CCCC[C@H]3O)c2=O)c1. The van der Waals surface area contributed by atoms with Crippen LogP contribution in [-0.2, 0) is 11.3 Å². The Kier molecular flexibility index (Phi) is 9.44. The first-order chi connectivity index (χ1) is 20.3. The van der Waals surface area contributed by atoms with Gasteiger partial charge in [-0.2, -0.15) is 0 Å². The smallest absolute Gasteiger partial charge is 0.329 e. The first kappa shape index (κ1) is 29.6. The van der Waals surface area contributed by atoms with Crippen molar-refractivity contribution >= 4 is 11.8 Å². The number of aliphatic hydroxyl groups excluding tert-OH is 1. The minimum Gasteiger partial charge on any atom is -0.484 e. The number of hydrogen-bond acceptors (Lipinski definition) is 6. The topological polar surface area (TPSA) is 118 Å². The fourth-order valence-corrected chi connectivity index (χ4v) is 5.95. The molecule has 1 aromatic heterocycles. The average molecular weight is 576 g/mol. The predicted molar refractivity (Wildman–Crippen MR) is 161 cm³/mol. The zero-order chi connectivity index (χ0) is 29.6. The molecule has 0 spiro atoms. The van der Waals surface area contributed by atoms with E-state index in [4.69, 9.17) is 4.74 Å². The summed E-state index contributed by atoms with van der Waals surface area (Å²) in [7, 11) is 0. The second kappa shape index (κ2) is 13.4. The molecule has 0 bridgehead atoms. The summed E-state index contributed by atoms with van der Waals surface area (Å²) in [4.78, 5) is 42.5. The number of aliphatic hydroxyl groups is 1. The van der Waals surface area contributed by atoms with Gasteiger partial charge in [-0.1, -0.05) is 55.3 Å². The quantitative estimate of drug-likeness (QED) is 0.361. The maximum Gasteiger partial charge on any atom is 0.329 e. The van der Waals surface area contributed by atoms with Crippen LogP contribution >= 0.6 is 0 Å². The van der Waals surface area contributed by atoms with Crippen LogP contribution in [0, 0.1) is 0 Å². The fourth-order valence-electron chi connectivity index (χ4n) is 5.95. The Labute approximate surface area is 246 Å². The van der Waals surface area contributed by atoms with Gasteiger partial charge in [0.25, 0.3) is 11.8 Å². The van der Waals surface area contributed by atoms with Crippen molar-refractivity contribution in [2.45, 2.75) is 64.3 Å². The minimum absolute atomic E-state index is 0.0106. The Morgan fingerprint density at radius 3 is 2.50 bits per heavy atom. The van der Waals surface area contributed by atoms with Crippen LogP contribution in [0.4, 0.5) is 0 Å². The molecule has 2 fully saturated rings. The van der Waals surface area contributed by atoms with Crippen molar-refractivity contribution in [3.8, 4) is 17.0 Å². The maximum absolute atomic E-state index is 14.4. The minimum atomic E-state index is -0.675. The number of carbonyl (C=O) groups excluding carboxylic acids is 2. The molecule has 1 aliphatic heterocycles. The molecule has 2 amide bonds. The van der Waals surface area contributed by atoms with Gasteiger partial charge in [0.15, 0.2) is 6.61 Å². The molecule has 2 atom stereocenters. The van der Waals surface area contributed by atoms with Crippen LogP contribution in [0.1, 0.15) is 61.6 Å². The summed E-state index contributed by atoms with van der Waals surface area (Å²) in [5.41, 5.74) is 2.08. The van der Waals surface area contributed by atoms with E-state index in [-0.39, 0.29) is 36.7 Å². The van der Waals surface area contributed by atoms with Crippen LogP contribution in [0.15, 0.2) is 59.4 Å². The highest BCUT2D eigenvalue weighted by Crippen LogP contribution is 2.34. The number of nitrogens with one attached hydrogen (secondary N) is 2. The van der Waals surface area contributed by atoms with Crippen molar-refractivity contribution in [2.75, 3.05) is 32.8 Å². The van der Waals surface area contributed by atoms with Crippen molar-refractivity contribution < 1.29 is 19.4 Å². The number of amides is 2. The van der Waals surface area contributed by atoms with Gasteiger partial charge in [-0.3, -0.25) is 18.7 Å². The van der Waals surface area contributed by atoms with E-state index in [1.807, 2.05) is 56.3 Å². The molecule has 0 radical (unpaired) electrons. The number of hydrogen-bond donors (Lipinski definition) is 3. The summed E-state index contributed by atoms with van der Waals surface area (Å²) in [5, 5.41) is 17.2. The molecule has 10 heteroatoms. The molecule has 3 N–H and O–H groups in total. The van der Waals surface area contributed by atoms with E-state index in [1.54, 1.807) is 26.2 Å². The van der Waals surface area contributed by atoms with Crippen molar-refractivity contribution in [1.82, 2.24) is 24.7 Å². The first-order valence-electron chi connectivity index (χ1n) is 14.9. The Morgan fingerprint density at radius 1 is 1.05 bits per heavy atom. The number of aromatic nitrogens is 2. The molecule has 5 rings (SSSR count). The van der Waals surface area contributed by atoms with Gasteiger partial charge < -0.3 is 25.4 Å². The zero-order valence-corrected chi connectivity index (χ0v) is 24.4. The summed E-state index contributed by atoms with van der Waals surface area (Å²) >= 11 is 0. The second-order valence-corrected chi connectivity index (χ2v) is 11.4. The van der Waals surface area contributed by atoms with E-state index in [0.717, 1.165) is 24.0 Å². The van der Waals surface area contributed by atoms with Crippen LogP contribution in [0.25, 0.3) is 11.3 Å². The molecule has 1 aliphatic carbocycles. The van der Waals surface area contributed by atoms with Crippen LogP contribution < -0.4 is 21.1 Å². The molecular weight excluding hydrogens is 534 g/mol. The van der Waals surface area contributed by atoms with E-state index >= 15 is 0 Å². The molecule has 1 saturated carbocycles. The highest BCUT2D eigenvalue weighted by atomic mass is 16.5. The van der Waals surface area contributed by atoms with Gasteiger partial charge in [0.2, 0.25) is 0 Å². The van der Waals surface area contributed by atoms with E-state index in [9.17, 15) is 19.5 Å². The molecule has 10 nitrogen and oxygen atoms in total. The lowest BCUT2D eigenvalue weighted by Crippen LogP contribution is -2.47. The largest absolute Gasteiger partial charge is 0.484 e. The lowest BCUT2D eigenvalue weighted by atomic mass is 9.92. The number of benzene rings is 2. The summed E-state index contributed by atoms with van der Waals surface area (Å²) in [6.45, 7) is 6.24. The van der Waals surface area contributed by atoms with Crippen molar-refractivity contribution in [2.24, 2.45) is 0 Å². The third kappa shape index (κ3) is 6.60. The Hall–Kier alpha value is -3.89. The van der Waals surface area contributed by atoms with Gasteiger partial charge in [0, 0.05) is 37.8 Å². The number of carbonyl (C=O) groups is 2. The highest BCUT2D eigenvalue weighted by molar-refractivity contribution is 5.99. The van der Waals surface area contributed by atoms with Crippen LogP contribution in [0.2, 0.25) is 0 Å². The van der Waals surface area contributed by atoms with Crippen molar-refractivity contribution in [3.05, 3.63) is 76.3 Å². The lowest BCUT2D eigenvalue weighted by Gasteiger charge is -2.30. The van der Waals surface area contributed by atoms with Gasteiger partial charge >= 0.3 is 5.69 Å². The molecule has 1 saturated heterocycles. The molecule has 3 aromatic rings. The molecule has 42 heavy (non-hydrogen) atoms. The van der Waals surface area contributed by atoms with Gasteiger partial charge in [-0.25, -0.2) is 4.79 Å². The molecular formula is C32H41N5O5. The average Bonchev–Trinajstić information content (AvgIpc) is 3.28. The lowest BCUT2D eigenvalue weighted by molar-refractivity contribution is -0.123. The molecule has 2 aromatic carbocycles. The number of ether oxygens (including phenoxy) is 1. The monoisotopic (exact) mass is 575 g/mol. The standard InChI is InChI=1S/C32H41N5O5/c1-22(2)34-28(39)21-42-25-12-8-9-23(19-25)20-36-30(31(40)35-17-15-33-16-18-35)29(24-10-4-3-5-11-24)37(32(36)41)26-13-6-7-14-27(26)38/h3-5,8-12,19,22,26-27,33,38H,6-7,13-18,20-21H2,1-2H3,(H,34,39)/t26?,27-/m1/s1. The van der Waals surface area contributed by atoms with E-state index in [1.165, 1.54) is 0 Å². The number of rotatable bonds is 9. The summed E-state index contributed by atoms with van der Waals surface area (Å²) in [5.74, 6) is 0.0836. The van der Waals surface area contributed by atoms with E-state index in [2.05, 4.69) is 10.6 Å². The van der Waals surface area contributed by atoms with Crippen LogP contribution in [0.3, 0.4) is 0 Å². The normalized spacial score (nSPS) is 19.1. The van der Waals surface area contributed by atoms with Gasteiger partial charge in [0.05, 0.1) is 24.4 Å². The second-order valence-electron chi connectivity index (χ2n) is 11.4. The Balaban J connectivity index is 1.59. The van der Waals surface area contributed by atoms with E-state index in [0.29, 0.717) is 56.2 Å². The third-order valence-corrected chi connectivity index (χ3v) is 7.91. The highest BCUT2D eigenvalue weighted by Gasteiger charge is 2.35.